The molecule has 6 atom stereocenters. The Morgan fingerprint density at radius 3 is 2.29 bits per heavy atom. The van der Waals surface area contributed by atoms with Gasteiger partial charge in [-0.15, -0.1) is 0 Å². The molecule has 0 amide bonds. The normalized spacial score (nSPS) is 26.8. The molecule has 0 radical (unpaired) electrons. The van der Waals surface area contributed by atoms with Crippen LogP contribution < -0.4 is 4.90 Å². The summed E-state index contributed by atoms with van der Waals surface area (Å²) in [7, 11) is -13.4. The molecule has 1 fully saturated rings. The number of allylic oxidation sites excluding steroid dienone is 8. The van der Waals surface area contributed by atoms with Gasteiger partial charge in [0.25, 0.3) is 30.4 Å². The lowest BCUT2D eigenvalue weighted by Crippen LogP contribution is -2.37. The molecule has 2 aliphatic heterocycles. The van der Waals surface area contributed by atoms with Gasteiger partial charge in [0, 0.05) is 45.8 Å². The Morgan fingerprint density at radius 2 is 1.59 bits per heavy atom. The standard InChI is InChI=1S/C40H48N2O13S4/c1-39-16-14-26(37(39)41(21-28(43)23-57(46,47)48)36-13-11-31(20-34(36)39)59(52,53)54)8-4-3-6-25-7-5-9-27(18-25)32-15-17-40(2)33-19-30(56-55-45)10-12-35(33)42(38(32)40)22-29(44)24-58(49,50)51/h3-4,6,8,10-13,18-20,27-29,32,43-44H,5,7,9,14-17,21-24H2,1-2H3,(H3-,45,46,47,48,49,50,51,52,53,54)/p+1/b6-3+,8-4+. The predicted octanol–water partition coefficient (Wildman–Crippen LogP) is 5.36. The summed E-state index contributed by atoms with van der Waals surface area (Å²) in [5.74, 6) is -1.43. The lowest BCUT2D eigenvalue weighted by Gasteiger charge is -2.28. The van der Waals surface area contributed by atoms with E-state index in [2.05, 4.69) is 23.4 Å². The molecule has 5 aliphatic rings. The minimum Gasteiger partial charge on any atom is -0.390 e. The van der Waals surface area contributed by atoms with Crippen LogP contribution in [-0.4, -0.2) is 101 Å². The van der Waals surface area contributed by atoms with Crippen LogP contribution in [0.5, 0.6) is 0 Å². The molecule has 7 rings (SSSR count). The van der Waals surface area contributed by atoms with Crippen molar-refractivity contribution >= 4 is 59.5 Å². The number of hydrogen-bond donors (Lipinski definition) is 6. The summed E-state index contributed by atoms with van der Waals surface area (Å²) < 4.78 is 106. The summed E-state index contributed by atoms with van der Waals surface area (Å²) >= 11 is 0.822. The Balaban J connectivity index is 1.16. The molecule has 19 heteroatoms. The van der Waals surface area contributed by atoms with Gasteiger partial charge in [0.1, 0.15) is 17.6 Å². The Morgan fingerprint density at radius 1 is 0.881 bits per heavy atom. The van der Waals surface area contributed by atoms with Gasteiger partial charge in [0.15, 0.2) is 12.3 Å². The van der Waals surface area contributed by atoms with Crippen molar-refractivity contribution in [3.8, 4) is 0 Å². The molecule has 59 heavy (non-hydrogen) atoms. The van der Waals surface area contributed by atoms with Crippen LogP contribution in [0.4, 0.5) is 11.4 Å². The average Bonchev–Trinajstić information content (AvgIpc) is 3.80. The predicted molar refractivity (Wildman–Crippen MR) is 222 cm³/mol. The van der Waals surface area contributed by atoms with E-state index in [9.17, 15) is 49.1 Å². The number of rotatable bonds is 15. The zero-order valence-electron chi connectivity index (χ0n) is 32.5. The molecular weight excluding hydrogens is 845 g/mol. The third kappa shape index (κ3) is 8.93. The number of anilines is 1. The monoisotopic (exact) mass is 893 g/mol. The van der Waals surface area contributed by atoms with Gasteiger partial charge in [-0.3, -0.25) is 13.7 Å². The van der Waals surface area contributed by atoms with Crippen molar-refractivity contribution in [2.24, 2.45) is 11.8 Å². The van der Waals surface area contributed by atoms with E-state index in [-0.39, 0.29) is 29.8 Å². The first kappa shape index (κ1) is 43.9. The molecule has 6 unspecified atom stereocenters. The Hall–Kier alpha value is -3.21. The highest BCUT2D eigenvalue weighted by molar-refractivity contribution is 7.94. The summed E-state index contributed by atoms with van der Waals surface area (Å²) in [5.41, 5.74) is 5.81. The fraction of sp³-hybridized carbons (Fsp3) is 0.475. The van der Waals surface area contributed by atoms with Gasteiger partial charge in [-0.25, -0.2) is 5.26 Å². The van der Waals surface area contributed by atoms with Gasteiger partial charge < -0.3 is 15.1 Å². The van der Waals surface area contributed by atoms with Crippen molar-refractivity contribution in [2.45, 2.75) is 91.6 Å². The Kier molecular flexibility index (Phi) is 12.1. The van der Waals surface area contributed by atoms with E-state index in [0.717, 1.165) is 78.0 Å². The number of fused-ring (bicyclic) bond motifs is 6. The number of hydrogen-bond acceptors (Lipinski definition) is 12. The number of aliphatic hydroxyl groups excluding tert-OH is 2. The van der Waals surface area contributed by atoms with E-state index < -0.39 is 64.9 Å². The summed E-state index contributed by atoms with van der Waals surface area (Å²) in [6.45, 7) is 3.90. The maximum Gasteiger partial charge on any atom is 0.294 e. The van der Waals surface area contributed by atoms with E-state index in [1.165, 1.54) is 18.2 Å². The summed E-state index contributed by atoms with van der Waals surface area (Å²) in [5, 5.41) is 30.6. The van der Waals surface area contributed by atoms with Crippen molar-refractivity contribution in [3.63, 3.8) is 0 Å². The number of aliphatic hydroxyl groups is 2. The molecule has 0 bridgehead atoms. The van der Waals surface area contributed by atoms with E-state index in [0.29, 0.717) is 29.0 Å². The van der Waals surface area contributed by atoms with Crippen LogP contribution in [0, 0.1) is 11.8 Å². The number of nitrogens with zero attached hydrogens (tertiary/aromatic N) is 2. The largest absolute Gasteiger partial charge is 0.390 e. The lowest BCUT2D eigenvalue weighted by molar-refractivity contribution is -0.451. The highest BCUT2D eigenvalue weighted by Gasteiger charge is 2.58. The third-order valence-electron chi connectivity index (χ3n) is 12.6. The summed E-state index contributed by atoms with van der Waals surface area (Å²) in [4.78, 5) is 2.19. The van der Waals surface area contributed by atoms with E-state index in [1.807, 2.05) is 41.9 Å². The van der Waals surface area contributed by atoms with Crippen molar-refractivity contribution in [3.05, 3.63) is 94.7 Å². The van der Waals surface area contributed by atoms with Crippen LogP contribution >= 0.6 is 12.0 Å². The average molecular weight is 894 g/mol. The first-order valence-electron chi connectivity index (χ1n) is 19.3. The van der Waals surface area contributed by atoms with Gasteiger partial charge in [-0.05, 0) is 106 Å². The van der Waals surface area contributed by atoms with Crippen LogP contribution in [0.3, 0.4) is 0 Å². The second kappa shape index (κ2) is 16.2. The molecule has 6 N–H and O–H groups in total. The smallest absolute Gasteiger partial charge is 0.294 e. The molecule has 320 valence electrons. The molecule has 1 saturated carbocycles. The maximum atomic E-state index is 12.1. The van der Waals surface area contributed by atoms with Crippen LogP contribution in [0.15, 0.2) is 93.4 Å². The molecule has 15 nitrogen and oxygen atoms in total. The number of β-amino-alcohol motifs (C(OH)–C–C–N with tert-alkyl or cyclic N) is 2. The fourth-order valence-corrected chi connectivity index (χ4v) is 12.3. The van der Waals surface area contributed by atoms with E-state index >= 15 is 0 Å². The first-order valence-corrected chi connectivity index (χ1v) is 24.7. The van der Waals surface area contributed by atoms with Crippen molar-refractivity contribution in [2.75, 3.05) is 29.5 Å². The molecule has 2 heterocycles. The molecule has 2 aromatic carbocycles. The van der Waals surface area contributed by atoms with Gasteiger partial charge in [0.2, 0.25) is 5.69 Å². The highest BCUT2D eigenvalue weighted by atomic mass is 32.2. The van der Waals surface area contributed by atoms with Crippen LogP contribution in [-0.2, 0) is 45.5 Å². The molecule has 0 spiro atoms. The second-order valence-corrected chi connectivity index (χ2v) is 21.8. The van der Waals surface area contributed by atoms with Crippen molar-refractivity contribution < 1.29 is 63.3 Å². The van der Waals surface area contributed by atoms with Gasteiger partial charge >= 0.3 is 0 Å². The molecule has 2 aromatic rings. The fourth-order valence-electron chi connectivity index (χ4n) is 10.3. The topological polar surface area (TPSA) is 239 Å². The zero-order chi connectivity index (χ0) is 42.7. The zero-order valence-corrected chi connectivity index (χ0v) is 35.8. The van der Waals surface area contributed by atoms with Gasteiger partial charge in [-0.1, -0.05) is 36.0 Å². The van der Waals surface area contributed by atoms with Crippen molar-refractivity contribution in [1.82, 2.24) is 0 Å². The SMILES string of the molecule is CC12CCC(/C=C/C=C/C3=CC(C4CCC5(C)C4=[N+](CC(O)CS(=O)(=O)O)c4ccc(SOO)cc45)CCC3)=C1N(CC(O)CS(=O)(=O)O)c1ccc(S(=O)(=O)O)cc12. The second-order valence-electron chi connectivity index (χ2n) is 16.6. The van der Waals surface area contributed by atoms with E-state index in [1.54, 1.807) is 11.0 Å². The van der Waals surface area contributed by atoms with E-state index in [4.69, 9.17) is 5.26 Å². The van der Waals surface area contributed by atoms with Crippen LogP contribution in [0.2, 0.25) is 0 Å². The minimum absolute atomic E-state index is 0.0220. The Bertz CT molecular complexity index is 2530. The number of benzene rings is 2. The molecular formula is C40H49N2O13S4+. The lowest BCUT2D eigenvalue weighted by atomic mass is 9.75. The van der Waals surface area contributed by atoms with Crippen LogP contribution in [0.25, 0.3) is 0 Å². The summed E-state index contributed by atoms with van der Waals surface area (Å²) in [6.07, 6.45) is 13.0. The third-order valence-corrected chi connectivity index (χ3v) is 15.5. The van der Waals surface area contributed by atoms with Gasteiger partial charge in [0.05, 0.1) is 28.5 Å². The quantitative estimate of drug-likeness (QED) is 0.0330. The van der Waals surface area contributed by atoms with Crippen LogP contribution in [0.1, 0.15) is 69.9 Å². The Labute approximate surface area is 348 Å². The van der Waals surface area contributed by atoms with Crippen molar-refractivity contribution in [1.29, 1.82) is 0 Å². The van der Waals surface area contributed by atoms with Gasteiger partial charge in [-0.2, -0.15) is 34.2 Å². The molecule has 0 saturated heterocycles. The molecule has 3 aliphatic carbocycles. The molecule has 0 aromatic heterocycles. The highest BCUT2D eigenvalue weighted by Crippen LogP contribution is 2.57. The maximum absolute atomic E-state index is 12.1. The minimum atomic E-state index is -4.51. The first-order chi connectivity index (χ1) is 27.6. The summed E-state index contributed by atoms with van der Waals surface area (Å²) in [6, 6.07) is 9.83.